The first-order chi connectivity index (χ1) is 14.7. The Morgan fingerprint density at radius 2 is 1.93 bits per heavy atom. The fourth-order valence-electron chi connectivity index (χ4n) is 3.63. The molecule has 0 saturated carbocycles. The van der Waals surface area contributed by atoms with Gasteiger partial charge in [0.2, 0.25) is 5.95 Å². The molecule has 0 amide bonds. The second kappa shape index (κ2) is 7.40. The highest BCUT2D eigenvalue weighted by molar-refractivity contribution is 5.85. The number of nitrogens with zero attached hydrogens (tertiary/aromatic N) is 5. The molecule has 1 aliphatic rings. The van der Waals surface area contributed by atoms with Gasteiger partial charge in [-0.25, -0.2) is 9.78 Å². The summed E-state index contributed by atoms with van der Waals surface area (Å²) in [6.07, 6.45) is 7.70. The summed E-state index contributed by atoms with van der Waals surface area (Å²) in [7, 11) is 0. The number of aromatic nitrogens is 5. The third kappa shape index (κ3) is 3.50. The number of carbonyl (C=O) groups is 1. The smallest absolute Gasteiger partial charge is 0.328 e. The fraction of sp³-hybridized carbons (Fsp3) is 0.136. The van der Waals surface area contributed by atoms with Crippen LogP contribution in [-0.2, 0) is 17.6 Å². The lowest BCUT2D eigenvalue weighted by atomic mass is 10.1. The molecule has 0 atom stereocenters. The third-order valence-electron chi connectivity index (χ3n) is 5.10. The molecule has 4 aromatic rings. The quantitative estimate of drug-likeness (QED) is 0.495. The van der Waals surface area contributed by atoms with E-state index in [1.807, 2.05) is 24.3 Å². The number of rotatable bonds is 5. The Balaban J connectivity index is 1.42. The Kier molecular flexibility index (Phi) is 4.44. The van der Waals surface area contributed by atoms with Crippen LogP contribution < -0.4 is 5.32 Å². The van der Waals surface area contributed by atoms with Gasteiger partial charge >= 0.3 is 5.97 Å². The highest BCUT2D eigenvalue weighted by Crippen LogP contribution is 2.25. The van der Waals surface area contributed by atoms with Gasteiger partial charge < -0.3 is 10.4 Å². The van der Waals surface area contributed by atoms with Gasteiger partial charge in [-0.1, -0.05) is 23.4 Å². The molecule has 0 unspecified atom stereocenters. The van der Waals surface area contributed by atoms with Crippen molar-refractivity contribution in [2.24, 2.45) is 0 Å². The summed E-state index contributed by atoms with van der Waals surface area (Å²) in [5.41, 5.74) is 6.54. The number of nitrogens with one attached hydrogen (secondary N) is 1. The highest BCUT2D eigenvalue weighted by atomic mass is 16.4. The second-order valence-corrected chi connectivity index (χ2v) is 7.13. The van der Waals surface area contributed by atoms with Crippen LogP contribution in [0, 0.1) is 0 Å². The first kappa shape index (κ1) is 18.0. The Morgan fingerprint density at radius 3 is 2.77 bits per heavy atom. The molecule has 8 nitrogen and oxygen atoms in total. The van der Waals surface area contributed by atoms with Crippen LogP contribution in [0.3, 0.4) is 0 Å². The van der Waals surface area contributed by atoms with E-state index in [4.69, 9.17) is 5.11 Å². The lowest BCUT2D eigenvalue weighted by Gasteiger charge is -2.07. The molecule has 0 bridgehead atoms. The van der Waals surface area contributed by atoms with Crippen LogP contribution in [0.15, 0.2) is 54.7 Å². The summed E-state index contributed by atoms with van der Waals surface area (Å²) in [5, 5.41) is 20.3. The van der Waals surface area contributed by atoms with E-state index in [9.17, 15) is 4.79 Å². The minimum atomic E-state index is -0.979. The summed E-state index contributed by atoms with van der Waals surface area (Å²) >= 11 is 0. The topological polar surface area (TPSA) is 106 Å². The zero-order valence-electron chi connectivity index (χ0n) is 16.0. The zero-order valence-corrected chi connectivity index (χ0v) is 16.0. The van der Waals surface area contributed by atoms with Gasteiger partial charge in [0.1, 0.15) is 0 Å². The normalized spacial score (nSPS) is 13.1. The summed E-state index contributed by atoms with van der Waals surface area (Å²) in [4.78, 5) is 19.5. The number of carboxylic acids is 1. The number of aliphatic carboxylic acids is 1. The number of anilines is 2. The van der Waals surface area contributed by atoms with Crippen molar-refractivity contribution in [3.05, 3.63) is 71.4 Å². The highest BCUT2D eigenvalue weighted by Gasteiger charge is 2.15. The minimum absolute atomic E-state index is 0.432. The van der Waals surface area contributed by atoms with Crippen molar-refractivity contribution in [2.45, 2.75) is 19.3 Å². The van der Waals surface area contributed by atoms with Gasteiger partial charge in [-0.15, -0.1) is 5.10 Å². The average Bonchev–Trinajstić information content (AvgIpc) is 3.39. The van der Waals surface area contributed by atoms with E-state index in [0.717, 1.165) is 35.9 Å². The van der Waals surface area contributed by atoms with Crippen LogP contribution in [0.4, 0.5) is 11.6 Å². The second-order valence-electron chi connectivity index (χ2n) is 7.13. The monoisotopic (exact) mass is 398 g/mol. The minimum Gasteiger partial charge on any atom is -0.478 e. The summed E-state index contributed by atoms with van der Waals surface area (Å²) in [6, 6.07) is 13.7. The van der Waals surface area contributed by atoms with Crippen molar-refractivity contribution in [3.8, 4) is 5.69 Å². The number of hydrogen-bond acceptors (Lipinski definition) is 6. The Bertz CT molecular complexity index is 1280. The molecule has 148 valence electrons. The SMILES string of the molecule is O=C(O)C=Cc1ccc(Nc2ncc3nnn(-c4ccc5c(c4)CCC5)c3n2)cc1. The van der Waals surface area contributed by atoms with E-state index >= 15 is 0 Å². The molecule has 30 heavy (non-hydrogen) atoms. The van der Waals surface area contributed by atoms with Crippen molar-refractivity contribution in [1.29, 1.82) is 0 Å². The molecule has 0 aliphatic heterocycles. The predicted octanol–water partition coefficient (Wildman–Crippen LogP) is 3.54. The van der Waals surface area contributed by atoms with E-state index in [0.29, 0.717) is 17.1 Å². The van der Waals surface area contributed by atoms with Gasteiger partial charge in [0, 0.05) is 11.8 Å². The molecular formula is C22H18N6O2. The van der Waals surface area contributed by atoms with Gasteiger partial charge in [0.05, 0.1) is 11.9 Å². The van der Waals surface area contributed by atoms with Gasteiger partial charge in [0.15, 0.2) is 11.2 Å². The Morgan fingerprint density at radius 1 is 1.10 bits per heavy atom. The molecule has 2 N–H and O–H groups in total. The lowest BCUT2D eigenvalue weighted by Crippen LogP contribution is -2.02. The molecule has 0 fully saturated rings. The van der Waals surface area contributed by atoms with Crippen molar-refractivity contribution >= 4 is 34.8 Å². The maximum atomic E-state index is 10.6. The molecule has 5 rings (SSSR count). The largest absolute Gasteiger partial charge is 0.478 e. The molecule has 0 radical (unpaired) electrons. The summed E-state index contributed by atoms with van der Waals surface area (Å²) in [5.74, 6) is -0.548. The van der Waals surface area contributed by atoms with Crippen LogP contribution in [0.1, 0.15) is 23.1 Å². The Hall–Kier alpha value is -4.07. The van der Waals surface area contributed by atoms with Crippen molar-refractivity contribution in [1.82, 2.24) is 25.0 Å². The summed E-state index contributed by atoms with van der Waals surface area (Å²) < 4.78 is 1.74. The first-order valence-electron chi connectivity index (χ1n) is 9.64. The van der Waals surface area contributed by atoms with Gasteiger partial charge in [-0.05, 0) is 66.3 Å². The number of benzene rings is 2. The van der Waals surface area contributed by atoms with E-state index in [-0.39, 0.29) is 0 Å². The van der Waals surface area contributed by atoms with Crippen LogP contribution in [0.5, 0.6) is 0 Å². The first-order valence-corrected chi connectivity index (χ1v) is 9.64. The number of fused-ring (bicyclic) bond motifs is 2. The number of carboxylic acid groups (broad SMARTS) is 1. The maximum Gasteiger partial charge on any atom is 0.328 e. The molecular weight excluding hydrogens is 380 g/mol. The molecule has 0 saturated heterocycles. The Labute approximate surface area is 171 Å². The van der Waals surface area contributed by atoms with E-state index < -0.39 is 5.97 Å². The summed E-state index contributed by atoms with van der Waals surface area (Å²) in [6.45, 7) is 0. The van der Waals surface area contributed by atoms with E-state index in [1.165, 1.54) is 23.6 Å². The van der Waals surface area contributed by atoms with Gasteiger partial charge in [-0.3, -0.25) is 0 Å². The average molecular weight is 398 g/mol. The molecule has 2 aromatic heterocycles. The van der Waals surface area contributed by atoms with Gasteiger partial charge in [-0.2, -0.15) is 9.67 Å². The zero-order chi connectivity index (χ0) is 20.5. The van der Waals surface area contributed by atoms with Crippen LogP contribution in [-0.4, -0.2) is 36.0 Å². The molecule has 2 aromatic carbocycles. The lowest BCUT2D eigenvalue weighted by molar-refractivity contribution is -0.131. The van der Waals surface area contributed by atoms with Crippen LogP contribution in [0.25, 0.3) is 22.9 Å². The van der Waals surface area contributed by atoms with Crippen molar-refractivity contribution in [3.63, 3.8) is 0 Å². The maximum absolute atomic E-state index is 10.6. The fourth-order valence-corrected chi connectivity index (χ4v) is 3.63. The van der Waals surface area contributed by atoms with E-state index in [1.54, 1.807) is 10.9 Å². The predicted molar refractivity (Wildman–Crippen MR) is 113 cm³/mol. The third-order valence-corrected chi connectivity index (χ3v) is 5.10. The van der Waals surface area contributed by atoms with Crippen LogP contribution >= 0.6 is 0 Å². The van der Waals surface area contributed by atoms with Crippen molar-refractivity contribution < 1.29 is 9.90 Å². The molecule has 1 aliphatic carbocycles. The number of aryl methyl sites for hydroxylation is 2. The molecule has 2 heterocycles. The van der Waals surface area contributed by atoms with Crippen LogP contribution in [0.2, 0.25) is 0 Å². The standard InChI is InChI=1S/C22H18N6O2/c29-20(30)11-6-14-4-8-17(9-5-14)24-22-23-13-19-21(25-22)28(27-26-19)18-10-7-15-2-1-3-16(15)12-18/h4-13H,1-3H2,(H,29,30)(H,23,24,25). The van der Waals surface area contributed by atoms with Gasteiger partial charge in [0.25, 0.3) is 0 Å². The van der Waals surface area contributed by atoms with Crippen molar-refractivity contribution in [2.75, 3.05) is 5.32 Å². The van der Waals surface area contributed by atoms with E-state index in [2.05, 4.69) is 43.8 Å². The molecule has 0 spiro atoms. The molecule has 8 heteroatoms. The number of hydrogen-bond donors (Lipinski definition) is 2.